The van der Waals surface area contributed by atoms with Crippen LogP contribution < -0.4 is 0 Å². The average Bonchev–Trinajstić information content (AvgIpc) is 2.41. The van der Waals surface area contributed by atoms with Gasteiger partial charge in [-0.05, 0) is 45.9 Å². The summed E-state index contributed by atoms with van der Waals surface area (Å²) in [6.45, 7) is 0. The second-order valence-corrected chi connectivity index (χ2v) is 5.32. The number of rotatable bonds is 0. The molecule has 0 aliphatic carbocycles. The van der Waals surface area contributed by atoms with Gasteiger partial charge in [0.15, 0.2) is 0 Å². The summed E-state index contributed by atoms with van der Waals surface area (Å²) in [5.74, 6) is 13.3. The lowest BCUT2D eigenvalue weighted by atomic mass is 10.1. The number of hydrogen-bond acceptors (Lipinski definition) is 2. The fourth-order valence-electron chi connectivity index (χ4n) is 1.43. The van der Waals surface area contributed by atoms with Crippen molar-refractivity contribution in [2.45, 2.75) is 11.5 Å². The third-order valence-electron chi connectivity index (χ3n) is 2.30. The first kappa shape index (κ1) is 13.0. The van der Waals surface area contributed by atoms with Crippen molar-refractivity contribution >= 4 is 23.5 Å². The molecule has 1 aromatic carbocycles. The Bertz CT molecular complexity index is 521. The normalized spacial score (nSPS) is 18.0. The third-order valence-corrected chi connectivity index (χ3v) is 3.91. The minimum Gasteiger partial charge on any atom is -0.129 e. The molecule has 0 saturated heterocycles. The van der Waals surface area contributed by atoms with Crippen LogP contribution in [0.25, 0.3) is 0 Å². The van der Waals surface area contributed by atoms with Crippen molar-refractivity contribution in [3.8, 4) is 23.7 Å². The van der Waals surface area contributed by atoms with E-state index >= 15 is 0 Å². The first-order valence-corrected chi connectivity index (χ1v) is 7.67. The molecule has 0 amide bonds. The van der Waals surface area contributed by atoms with Crippen molar-refractivity contribution in [1.82, 2.24) is 0 Å². The predicted molar refractivity (Wildman–Crippen MR) is 82.9 cm³/mol. The third kappa shape index (κ3) is 4.41. The molecule has 0 radical (unpaired) electrons. The molecule has 1 aliphatic rings. The van der Waals surface area contributed by atoms with Crippen LogP contribution in [-0.4, -0.2) is 0 Å². The number of fused-ring (bicyclic) bond motifs is 1. The fourth-order valence-corrected chi connectivity index (χ4v) is 2.88. The summed E-state index contributed by atoms with van der Waals surface area (Å²) in [6.07, 6.45) is 3.71. The molecule has 0 atom stereocenters. The van der Waals surface area contributed by atoms with Crippen LogP contribution in [0.2, 0.25) is 0 Å². The Labute approximate surface area is 117 Å². The van der Waals surface area contributed by atoms with Crippen molar-refractivity contribution in [2.24, 2.45) is 0 Å². The van der Waals surface area contributed by atoms with Gasteiger partial charge in [-0.2, -0.15) is 0 Å². The van der Waals surface area contributed by atoms with Crippen LogP contribution in [0.3, 0.4) is 0 Å². The Hall–Kier alpha value is -1.48. The van der Waals surface area contributed by atoms with Crippen molar-refractivity contribution in [2.75, 3.05) is 0 Å². The highest BCUT2D eigenvalue weighted by molar-refractivity contribution is 8.01. The first-order chi connectivity index (χ1) is 8.97. The lowest BCUT2D eigenvalue weighted by molar-refractivity contribution is 1.29. The Morgan fingerprint density at radius 2 is 1.28 bits per heavy atom. The van der Waals surface area contributed by atoms with E-state index in [1.165, 1.54) is 11.1 Å². The molecule has 18 heavy (non-hydrogen) atoms. The van der Waals surface area contributed by atoms with E-state index in [9.17, 15) is 0 Å². The molecule has 0 nitrogen and oxygen atoms in total. The van der Waals surface area contributed by atoms with Gasteiger partial charge in [0.05, 0.1) is 0 Å². The second kappa shape index (κ2) is 7.77. The van der Waals surface area contributed by atoms with Crippen molar-refractivity contribution in [3.05, 3.63) is 58.4 Å². The number of allylic oxidation sites excluding steroid dienone is 2. The fraction of sp³-hybridized carbons (Fsp3) is 0.125. The maximum Gasteiger partial charge on any atom is 0.0229 e. The highest BCUT2D eigenvalue weighted by Crippen LogP contribution is 2.22. The van der Waals surface area contributed by atoms with Gasteiger partial charge in [0, 0.05) is 11.5 Å². The Morgan fingerprint density at radius 3 is 1.78 bits per heavy atom. The van der Waals surface area contributed by atoms with E-state index in [1.807, 2.05) is 23.0 Å². The molecule has 88 valence electrons. The minimum absolute atomic E-state index is 0.990. The molecule has 0 bridgehead atoms. The molecule has 0 fully saturated rings. The van der Waals surface area contributed by atoms with E-state index in [1.54, 1.807) is 23.5 Å². The quantitative estimate of drug-likeness (QED) is 0.647. The minimum atomic E-state index is 0.990. The van der Waals surface area contributed by atoms with Crippen LogP contribution in [0, 0.1) is 23.7 Å². The summed E-state index contributed by atoms with van der Waals surface area (Å²) in [4.78, 5) is 0. The summed E-state index contributed by atoms with van der Waals surface area (Å²) in [5.41, 5.74) is 2.79. The Morgan fingerprint density at radius 1 is 0.778 bits per heavy atom. The largest absolute Gasteiger partial charge is 0.129 e. The highest BCUT2D eigenvalue weighted by Gasteiger charge is 2.00. The monoisotopic (exact) mass is 268 g/mol. The van der Waals surface area contributed by atoms with Crippen molar-refractivity contribution in [1.29, 1.82) is 0 Å². The van der Waals surface area contributed by atoms with Crippen LogP contribution in [0.15, 0.2) is 47.2 Å². The standard InChI is InChI=1S/C16H12S2/c1-2-4-8-12-18-14-16-10-6-5-9-15(16)13-17-11-7-3-1/h5-12H,13-14H2/b11-7-,12-8-. The van der Waals surface area contributed by atoms with E-state index in [0.29, 0.717) is 0 Å². The molecule has 1 aliphatic heterocycles. The summed E-state index contributed by atoms with van der Waals surface area (Å²) in [5, 5.41) is 4.06. The number of benzene rings is 1. The van der Waals surface area contributed by atoms with Gasteiger partial charge in [-0.15, -0.1) is 23.5 Å². The lowest BCUT2D eigenvalue weighted by Crippen LogP contribution is -1.88. The van der Waals surface area contributed by atoms with E-state index < -0.39 is 0 Å². The second-order valence-electron chi connectivity index (χ2n) is 3.53. The van der Waals surface area contributed by atoms with Gasteiger partial charge in [0.2, 0.25) is 0 Å². The van der Waals surface area contributed by atoms with Crippen molar-refractivity contribution in [3.63, 3.8) is 0 Å². The Kier molecular flexibility index (Phi) is 5.60. The molecule has 2 rings (SSSR count). The Balaban J connectivity index is 2.17. The van der Waals surface area contributed by atoms with Crippen LogP contribution in [0.4, 0.5) is 0 Å². The molecular formula is C16H12S2. The summed E-state index contributed by atoms with van der Waals surface area (Å²) < 4.78 is 0. The first-order valence-electron chi connectivity index (χ1n) is 5.58. The van der Waals surface area contributed by atoms with Gasteiger partial charge in [0.1, 0.15) is 0 Å². The molecule has 0 spiro atoms. The zero-order chi connectivity index (χ0) is 12.5. The zero-order valence-corrected chi connectivity index (χ0v) is 11.5. The smallest absolute Gasteiger partial charge is 0.0229 e. The van der Waals surface area contributed by atoms with Gasteiger partial charge in [-0.25, -0.2) is 0 Å². The van der Waals surface area contributed by atoms with Crippen LogP contribution in [0.5, 0.6) is 0 Å². The van der Waals surface area contributed by atoms with Crippen LogP contribution >= 0.6 is 23.5 Å². The topological polar surface area (TPSA) is 0 Å². The van der Waals surface area contributed by atoms with Gasteiger partial charge < -0.3 is 0 Å². The predicted octanol–water partition coefficient (Wildman–Crippen LogP) is 4.20. The molecule has 0 aromatic heterocycles. The lowest BCUT2D eigenvalue weighted by Gasteiger charge is -2.06. The molecule has 0 N–H and O–H groups in total. The van der Waals surface area contributed by atoms with Gasteiger partial charge >= 0.3 is 0 Å². The molecule has 0 saturated carbocycles. The molecule has 2 heteroatoms. The summed E-state index contributed by atoms with van der Waals surface area (Å²) >= 11 is 3.53. The maximum absolute atomic E-state index is 2.90. The molecule has 1 aromatic rings. The summed E-state index contributed by atoms with van der Waals surface area (Å²) in [6, 6.07) is 8.58. The van der Waals surface area contributed by atoms with Crippen LogP contribution in [0.1, 0.15) is 11.1 Å². The van der Waals surface area contributed by atoms with Gasteiger partial charge in [-0.1, -0.05) is 36.1 Å². The molecule has 1 heterocycles. The highest BCUT2D eigenvalue weighted by atomic mass is 32.2. The van der Waals surface area contributed by atoms with E-state index in [2.05, 4.69) is 47.9 Å². The van der Waals surface area contributed by atoms with Crippen LogP contribution in [-0.2, 0) is 11.5 Å². The maximum atomic E-state index is 2.90. The molecular weight excluding hydrogens is 256 g/mol. The van der Waals surface area contributed by atoms with Crippen molar-refractivity contribution < 1.29 is 0 Å². The average molecular weight is 268 g/mol. The number of hydrogen-bond donors (Lipinski definition) is 0. The SMILES string of the molecule is C1#C/C=C\SCc2ccccc2CS/C=C\C#C1. The number of thioether (sulfide) groups is 2. The zero-order valence-electron chi connectivity index (χ0n) is 9.85. The van der Waals surface area contributed by atoms with E-state index in [4.69, 9.17) is 0 Å². The van der Waals surface area contributed by atoms with Gasteiger partial charge in [-0.3, -0.25) is 0 Å². The van der Waals surface area contributed by atoms with Gasteiger partial charge in [0.25, 0.3) is 0 Å². The molecule has 0 unspecified atom stereocenters. The summed E-state index contributed by atoms with van der Waals surface area (Å²) in [7, 11) is 0. The van der Waals surface area contributed by atoms with E-state index in [0.717, 1.165) is 11.5 Å². The van der Waals surface area contributed by atoms with E-state index in [-0.39, 0.29) is 0 Å².